The summed E-state index contributed by atoms with van der Waals surface area (Å²) < 4.78 is 0. The Morgan fingerprint density at radius 2 is 1.62 bits per heavy atom. The lowest BCUT2D eigenvalue weighted by atomic mass is 9.81. The number of aryl methyl sites for hydroxylation is 2. The molecule has 0 saturated heterocycles. The first kappa shape index (κ1) is 13.1. The van der Waals surface area contributed by atoms with E-state index in [9.17, 15) is 0 Å². The fourth-order valence-electron chi connectivity index (χ4n) is 3.99. The molecule has 0 bridgehead atoms. The zero-order valence-corrected chi connectivity index (χ0v) is 12.7. The van der Waals surface area contributed by atoms with Crippen molar-refractivity contribution in [3.63, 3.8) is 0 Å². The smallest absolute Gasteiger partial charge is 0.0581 e. The van der Waals surface area contributed by atoms with Crippen molar-refractivity contribution < 1.29 is 0 Å². The molecule has 0 aromatic heterocycles. The standard InChI is InChI=1S/C20H23N/c1-14-11-18-12-16-9-5-6-10-17(16)13-19(18)20(21-14)15-7-3-2-4-8-15/h2-4,7-8,12-14,20-21H,5-6,9-11H2,1H3. The lowest BCUT2D eigenvalue weighted by Crippen LogP contribution is -2.38. The molecule has 2 aromatic rings. The van der Waals surface area contributed by atoms with Gasteiger partial charge in [-0.3, -0.25) is 0 Å². The highest BCUT2D eigenvalue weighted by molar-refractivity contribution is 5.46. The van der Waals surface area contributed by atoms with Gasteiger partial charge in [-0.2, -0.15) is 0 Å². The number of nitrogens with one attached hydrogen (secondary N) is 1. The first-order chi connectivity index (χ1) is 10.3. The summed E-state index contributed by atoms with van der Waals surface area (Å²) in [5.41, 5.74) is 7.68. The van der Waals surface area contributed by atoms with Crippen molar-refractivity contribution in [3.8, 4) is 0 Å². The molecule has 21 heavy (non-hydrogen) atoms. The minimum Gasteiger partial charge on any atom is -0.303 e. The monoisotopic (exact) mass is 277 g/mol. The Kier molecular flexibility index (Phi) is 3.31. The number of fused-ring (bicyclic) bond motifs is 2. The number of benzene rings is 2. The average molecular weight is 277 g/mol. The van der Waals surface area contributed by atoms with Crippen LogP contribution in [0.25, 0.3) is 0 Å². The second kappa shape index (κ2) is 5.31. The molecule has 0 fully saturated rings. The Morgan fingerprint density at radius 3 is 2.38 bits per heavy atom. The maximum absolute atomic E-state index is 3.80. The van der Waals surface area contributed by atoms with E-state index in [1.165, 1.54) is 36.8 Å². The normalized spacial score (nSPS) is 24.2. The van der Waals surface area contributed by atoms with E-state index in [0.29, 0.717) is 12.1 Å². The van der Waals surface area contributed by atoms with Crippen LogP contribution in [0.5, 0.6) is 0 Å². The van der Waals surface area contributed by atoms with Crippen molar-refractivity contribution in [1.29, 1.82) is 0 Å². The molecule has 1 aliphatic heterocycles. The van der Waals surface area contributed by atoms with E-state index < -0.39 is 0 Å². The van der Waals surface area contributed by atoms with Crippen molar-refractivity contribution in [1.82, 2.24) is 5.32 Å². The minimum atomic E-state index is 0.358. The summed E-state index contributed by atoms with van der Waals surface area (Å²) in [6.45, 7) is 2.30. The summed E-state index contributed by atoms with van der Waals surface area (Å²) >= 11 is 0. The zero-order chi connectivity index (χ0) is 14.2. The molecular formula is C20H23N. The second-order valence-corrected chi connectivity index (χ2v) is 6.64. The number of hydrogen-bond acceptors (Lipinski definition) is 1. The fourth-order valence-corrected chi connectivity index (χ4v) is 3.99. The van der Waals surface area contributed by atoms with Gasteiger partial charge in [0.05, 0.1) is 6.04 Å². The predicted molar refractivity (Wildman–Crippen MR) is 87.7 cm³/mol. The Bertz CT molecular complexity index is 644. The van der Waals surface area contributed by atoms with Crippen LogP contribution in [0.15, 0.2) is 42.5 Å². The number of hydrogen-bond donors (Lipinski definition) is 1. The molecule has 4 rings (SSSR count). The van der Waals surface area contributed by atoms with Crippen LogP contribution in [-0.2, 0) is 19.3 Å². The van der Waals surface area contributed by atoms with E-state index in [2.05, 4.69) is 54.7 Å². The van der Waals surface area contributed by atoms with Gasteiger partial charge in [-0.1, -0.05) is 42.5 Å². The summed E-state index contributed by atoms with van der Waals surface area (Å²) in [6, 6.07) is 16.8. The zero-order valence-electron chi connectivity index (χ0n) is 12.7. The lowest BCUT2D eigenvalue weighted by molar-refractivity contribution is 0.463. The van der Waals surface area contributed by atoms with Crippen LogP contribution in [-0.4, -0.2) is 6.04 Å². The highest BCUT2D eigenvalue weighted by atomic mass is 15.0. The third-order valence-electron chi connectivity index (χ3n) is 5.02. The topological polar surface area (TPSA) is 12.0 Å². The molecule has 2 aromatic carbocycles. The summed E-state index contributed by atoms with van der Waals surface area (Å²) in [5.74, 6) is 0. The molecule has 2 aliphatic rings. The first-order valence-electron chi connectivity index (χ1n) is 8.27. The van der Waals surface area contributed by atoms with Crippen LogP contribution in [0.2, 0.25) is 0 Å². The summed E-state index contributed by atoms with van der Waals surface area (Å²) in [7, 11) is 0. The average Bonchev–Trinajstić information content (AvgIpc) is 2.53. The van der Waals surface area contributed by atoms with Crippen molar-refractivity contribution in [2.75, 3.05) is 0 Å². The summed E-state index contributed by atoms with van der Waals surface area (Å²) in [6.07, 6.45) is 6.42. The maximum Gasteiger partial charge on any atom is 0.0581 e. The molecule has 2 atom stereocenters. The van der Waals surface area contributed by atoms with Crippen LogP contribution in [0.3, 0.4) is 0 Å². The Labute approximate surface area is 127 Å². The van der Waals surface area contributed by atoms with Crippen LogP contribution in [0.4, 0.5) is 0 Å². The molecule has 1 heteroatoms. The van der Waals surface area contributed by atoms with Crippen LogP contribution >= 0.6 is 0 Å². The van der Waals surface area contributed by atoms with Gasteiger partial charge >= 0.3 is 0 Å². The van der Waals surface area contributed by atoms with Crippen molar-refractivity contribution in [2.24, 2.45) is 0 Å². The largest absolute Gasteiger partial charge is 0.303 e. The van der Waals surface area contributed by atoms with Gasteiger partial charge in [0, 0.05) is 6.04 Å². The van der Waals surface area contributed by atoms with E-state index >= 15 is 0 Å². The van der Waals surface area contributed by atoms with E-state index in [0.717, 1.165) is 6.42 Å². The second-order valence-electron chi connectivity index (χ2n) is 6.64. The van der Waals surface area contributed by atoms with Gasteiger partial charge in [0.25, 0.3) is 0 Å². The quantitative estimate of drug-likeness (QED) is 0.824. The van der Waals surface area contributed by atoms with Gasteiger partial charge in [-0.15, -0.1) is 0 Å². The Morgan fingerprint density at radius 1 is 0.905 bits per heavy atom. The van der Waals surface area contributed by atoms with E-state index in [1.807, 2.05) is 0 Å². The summed E-state index contributed by atoms with van der Waals surface area (Å²) in [4.78, 5) is 0. The van der Waals surface area contributed by atoms with E-state index in [-0.39, 0.29) is 0 Å². The molecular weight excluding hydrogens is 254 g/mol. The first-order valence-corrected chi connectivity index (χ1v) is 8.27. The predicted octanol–water partition coefficient (Wildman–Crippen LogP) is 4.19. The van der Waals surface area contributed by atoms with Gasteiger partial charge in [0.2, 0.25) is 0 Å². The van der Waals surface area contributed by atoms with Crippen LogP contribution in [0, 0.1) is 0 Å². The minimum absolute atomic E-state index is 0.358. The Hall–Kier alpha value is -1.60. The van der Waals surface area contributed by atoms with E-state index in [1.54, 1.807) is 16.7 Å². The molecule has 0 saturated carbocycles. The van der Waals surface area contributed by atoms with Gasteiger partial charge in [0.1, 0.15) is 0 Å². The van der Waals surface area contributed by atoms with Crippen molar-refractivity contribution in [2.45, 2.75) is 51.1 Å². The van der Waals surface area contributed by atoms with E-state index in [4.69, 9.17) is 0 Å². The molecule has 1 nitrogen and oxygen atoms in total. The van der Waals surface area contributed by atoms with Gasteiger partial charge in [-0.05, 0) is 66.8 Å². The maximum atomic E-state index is 3.80. The molecule has 2 unspecified atom stereocenters. The number of rotatable bonds is 1. The van der Waals surface area contributed by atoms with Crippen molar-refractivity contribution in [3.05, 3.63) is 70.3 Å². The molecule has 1 N–H and O–H groups in total. The highest BCUT2D eigenvalue weighted by Crippen LogP contribution is 2.34. The molecule has 1 heterocycles. The fraction of sp³-hybridized carbons (Fsp3) is 0.400. The Balaban J connectivity index is 1.82. The molecule has 1 aliphatic carbocycles. The van der Waals surface area contributed by atoms with Gasteiger partial charge in [0.15, 0.2) is 0 Å². The summed E-state index contributed by atoms with van der Waals surface area (Å²) in [5, 5.41) is 3.80. The third-order valence-corrected chi connectivity index (χ3v) is 5.02. The van der Waals surface area contributed by atoms with Crippen LogP contribution in [0.1, 0.15) is 53.6 Å². The third kappa shape index (κ3) is 2.40. The molecule has 108 valence electrons. The van der Waals surface area contributed by atoms with Gasteiger partial charge < -0.3 is 5.32 Å². The molecule has 0 spiro atoms. The van der Waals surface area contributed by atoms with Gasteiger partial charge in [-0.25, -0.2) is 0 Å². The molecule has 0 amide bonds. The highest BCUT2D eigenvalue weighted by Gasteiger charge is 2.26. The van der Waals surface area contributed by atoms with Crippen molar-refractivity contribution >= 4 is 0 Å². The van der Waals surface area contributed by atoms with Crippen LogP contribution < -0.4 is 5.32 Å². The molecule has 0 radical (unpaired) electrons. The lowest BCUT2D eigenvalue weighted by Gasteiger charge is -2.33. The SMILES string of the molecule is CC1Cc2cc3c(cc2C(c2ccccc2)N1)CCCC3.